The van der Waals surface area contributed by atoms with E-state index < -0.39 is 30.1 Å². The number of ether oxygens (including phenoxy) is 1. The summed E-state index contributed by atoms with van der Waals surface area (Å²) >= 11 is 0. The highest BCUT2D eigenvalue weighted by Crippen LogP contribution is 2.37. The van der Waals surface area contributed by atoms with Crippen molar-refractivity contribution in [2.24, 2.45) is 0 Å². The fourth-order valence-corrected chi connectivity index (χ4v) is 3.19. The molecule has 1 saturated heterocycles. The maximum atomic E-state index is 13.0. The molecule has 3 rings (SSSR count). The van der Waals surface area contributed by atoms with Crippen LogP contribution in [0.15, 0.2) is 48.5 Å². The number of nitrogens with zero attached hydrogens (tertiary/aromatic N) is 1. The van der Waals surface area contributed by atoms with Crippen LogP contribution in [0.3, 0.4) is 0 Å². The fraction of sp³-hybridized carbons (Fsp3) is 0.400. The normalized spacial score (nSPS) is 21.3. The summed E-state index contributed by atoms with van der Waals surface area (Å²) in [6.07, 6.45) is -9.79. The minimum Gasteiger partial charge on any atom is -0.378 e. The van der Waals surface area contributed by atoms with E-state index in [1.165, 1.54) is 0 Å². The van der Waals surface area contributed by atoms with Crippen LogP contribution in [0, 0.1) is 0 Å². The first-order chi connectivity index (χ1) is 13.6. The summed E-state index contributed by atoms with van der Waals surface area (Å²) < 4.78 is 83.8. The van der Waals surface area contributed by atoms with Gasteiger partial charge in [-0.2, -0.15) is 31.4 Å². The van der Waals surface area contributed by atoms with Crippen molar-refractivity contribution in [3.05, 3.63) is 70.8 Å². The molecule has 0 aliphatic carbocycles. The Morgan fingerprint density at radius 1 is 0.931 bits per heavy atom. The van der Waals surface area contributed by atoms with Crippen molar-refractivity contribution >= 4 is 0 Å². The summed E-state index contributed by atoms with van der Waals surface area (Å²) in [5.41, 5.74) is -2.06. The van der Waals surface area contributed by atoms with E-state index >= 15 is 0 Å². The second kappa shape index (κ2) is 8.33. The molecule has 1 aliphatic rings. The van der Waals surface area contributed by atoms with Crippen LogP contribution in [0.5, 0.6) is 0 Å². The van der Waals surface area contributed by atoms with Crippen LogP contribution in [0.4, 0.5) is 26.3 Å². The third kappa shape index (κ3) is 5.29. The van der Waals surface area contributed by atoms with E-state index in [4.69, 9.17) is 9.57 Å². The van der Waals surface area contributed by atoms with Gasteiger partial charge in [-0.15, -0.1) is 0 Å². The largest absolute Gasteiger partial charge is 0.416 e. The molecule has 0 N–H and O–H groups in total. The topological polar surface area (TPSA) is 21.7 Å². The summed E-state index contributed by atoms with van der Waals surface area (Å²) in [4.78, 5) is 5.70. The molecule has 0 unspecified atom stereocenters. The van der Waals surface area contributed by atoms with Crippen LogP contribution in [-0.2, 0) is 28.5 Å². The van der Waals surface area contributed by atoms with E-state index in [0.717, 1.165) is 5.56 Å². The molecule has 0 aromatic heterocycles. The summed E-state index contributed by atoms with van der Waals surface area (Å²) in [6, 6.07) is 10.1. The van der Waals surface area contributed by atoms with Crippen LogP contribution < -0.4 is 0 Å². The average molecular weight is 419 g/mol. The van der Waals surface area contributed by atoms with Crippen LogP contribution in [0.1, 0.15) is 35.2 Å². The molecule has 3 nitrogen and oxygen atoms in total. The number of morpholine rings is 1. The molecule has 2 aromatic carbocycles. The molecule has 0 bridgehead atoms. The summed E-state index contributed by atoms with van der Waals surface area (Å²) in [6.45, 7) is 2.01. The zero-order chi connectivity index (χ0) is 21.2. The Hall–Kier alpha value is -2.10. The van der Waals surface area contributed by atoms with Gasteiger partial charge in [0.25, 0.3) is 0 Å². The van der Waals surface area contributed by atoms with Crippen molar-refractivity contribution in [3.63, 3.8) is 0 Å². The van der Waals surface area contributed by atoms with Crippen molar-refractivity contribution in [1.29, 1.82) is 0 Å². The van der Waals surface area contributed by atoms with Crippen molar-refractivity contribution in [3.8, 4) is 0 Å². The van der Waals surface area contributed by atoms with Gasteiger partial charge in [-0.3, -0.25) is 4.84 Å². The van der Waals surface area contributed by atoms with Crippen molar-refractivity contribution in [2.45, 2.75) is 38.0 Å². The Kier molecular flexibility index (Phi) is 6.21. The lowest BCUT2D eigenvalue weighted by atomic mass is 10.0. The number of halogens is 6. The SMILES string of the molecule is C[C@@H]1COC[C@@H](c2ccccc2)N1OCc1cc(C(F)(F)F)cc(C(F)(F)F)c1. The summed E-state index contributed by atoms with van der Waals surface area (Å²) in [5.74, 6) is 0. The molecule has 0 saturated carbocycles. The van der Waals surface area contributed by atoms with Crippen LogP contribution in [-0.4, -0.2) is 24.3 Å². The number of hydroxylamine groups is 2. The lowest BCUT2D eigenvalue weighted by molar-refractivity contribution is -0.260. The standard InChI is InChI=1S/C20H19F6NO2/c1-13-10-28-12-18(15-5-3-2-4-6-15)27(13)29-11-14-7-16(19(21,22)23)9-17(8-14)20(24,25)26/h2-9,13,18H,10-12H2,1H3/t13-,18+/m1/s1. The number of benzene rings is 2. The molecule has 2 atom stereocenters. The van der Waals surface area contributed by atoms with Crippen molar-refractivity contribution in [2.75, 3.05) is 13.2 Å². The second-order valence-electron chi connectivity index (χ2n) is 6.86. The zero-order valence-corrected chi connectivity index (χ0v) is 15.4. The molecular formula is C20H19F6NO2. The van der Waals surface area contributed by atoms with E-state index in [9.17, 15) is 26.3 Å². The van der Waals surface area contributed by atoms with E-state index in [0.29, 0.717) is 25.3 Å². The van der Waals surface area contributed by atoms with Crippen LogP contribution >= 0.6 is 0 Å². The van der Waals surface area contributed by atoms with Gasteiger partial charge in [0.1, 0.15) is 0 Å². The molecule has 9 heteroatoms. The second-order valence-corrected chi connectivity index (χ2v) is 6.86. The highest BCUT2D eigenvalue weighted by atomic mass is 19.4. The van der Waals surface area contributed by atoms with Gasteiger partial charge in [-0.25, -0.2) is 0 Å². The number of hydrogen-bond acceptors (Lipinski definition) is 3. The Bertz CT molecular complexity index is 790. The Labute approximate surface area is 163 Å². The monoisotopic (exact) mass is 419 g/mol. The summed E-state index contributed by atoms with van der Waals surface area (Å²) in [5, 5.41) is 1.58. The molecule has 0 radical (unpaired) electrons. The molecule has 158 valence electrons. The lowest BCUT2D eigenvalue weighted by Gasteiger charge is -2.39. The van der Waals surface area contributed by atoms with E-state index in [1.54, 1.807) is 5.06 Å². The molecule has 29 heavy (non-hydrogen) atoms. The third-order valence-corrected chi connectivity index (χ3v) is 4.59. The van der Waals surface area contributed by atoms with Gasteiger partial charge < -0.3 is 4.74 Å². The van der Waals surface area contributed by atoms with Crippen LogP contribution in [0.25, 0.3) is 0 Å². The number of rotatable bonds is 4. The van der Waals surface area contributed by atoms with Gasteiger partial charge in [0.15, 0.2) is 0 Å². The average Bonchev–Trinajstić information content (AvgIpc) is 2.66. The summed E-state index contributed by atoms with van der Waals surface area (Å²) in [7, 11) is 0. The van der Waals surface area contributed by atoms with Gasteiger partial charge in [0.2, 0.25) is 0 Å². The fourth-order valence-electron chi connectivity index (χ4n) is 3.19. The Balaban J connectivity index is 1.85. The zero-order valence-electron chi connectivity index (χ0n) is 15.4. The molecule has 0 spiro atoms. The van der Waals surface area contributed by atoms with Gasteiger partial charge in [0, 0.05) is 0 Å². The van der Waals surface area contributed by atoms with Gasteiger partial charge in [-0.05, 0) is 36.2 Å². The number of alkyl halides is 6. The molecule has 2 aromatic rings. The van der Waals surface area contributed by atoms with Crippen molar-refractivity contribution in [1.82, 2.24) is 5.06 Å². The van der Waals surface area contributed by atoms with E-state index in [2.05, 4.69) is 0 Å². The maximum absolute atomic E-state index is 13.0. The minimum absolute atomic E-state index is 0.105. The quantitative estimate of drug-likeness (QED) is 0.601. The van der Waals surface area contributed by atoms with E-state index in [-0.39, 0.29) is 23.7 Å². The molecule has 1 fully saturated rings. The lowest BCUT2D eigenvalue weighted by Crippen LogP contribution is -2.45. The Morgan fingerprint density at radius 3 is 2.07 bits per heavy atom. The molecule has 1 aliphatic heterocycles. The van der Waals surface area contributed by atoms with E-state index in [1.807, 2.05) is 37.3 Å². The number of hydrogen-bond donors (Lipinski definition) is 0. The van der Waals surface area contributed by atoms with Gasteiger partial charge in [-0.1, -0.05) is 30.3 Å². The minimum atomic E-state index is -4.89. The third-order valence-electron chi connectivity index (χ3n) is 4.59. The highest BCUT2D eigenvalue weighted by Gasteiger charge is 2.37. The predicted molar refractivity (Wildman–Crippen MR) is 92.5 cm³/mol. The van der Waals surface area contributed by atoms with Crippen molar-refractivity contribution < 1.29 is 35.9 Å². The predicted octanol–water partition coefficient (Wildman–Crippen LogP) is 5.62. The molecular weight excluding hydrogens is 400 g/mol. The first-order valence-electron chi connectivity index (χ1n) is 8.88. The van der Waals surface area contributed by atoms with Gasteiger partial charge >= 0.3 is 12.4 Å². The highest BCUT2D eigenvalue weighted by molar-refractivity contribution is 5.33. The molecule has 0 amide bonds. The maximum Gasteiger partial charge on any atom is 0.416 e. The first kappa shape index (κ1) is 21.6. The smallest absolute Gasteiger partial charge is 0.378 e. The van der Waals surface area contributed by atoms with Crippen LogP contribution in [0.2, 0.25) is 0 Å². The molecule has 1 heterocycles. The van der Waals surface area contributed by atoms with Gasteiger partial charge in [0.05, 0.1) is 43.0 Å². The Morgan fingerprint density at radius 2 is 1.52 bits per heavy atom. The first-order valence-corrected chi connectivity index (χ1v) is 8.88.